The Morgan fingerprint density at radius 3 is 2.21 bits per heavy atom. The molecule has 0 spiro atoms. The van der Waals surface area contributed by atoms with E-state index in [1.54, 1.807) is 0 Å². The summed E-state index contributed by atoms with van der Waals surface area (Å²) in [6.45, 7) is 5.83. The lowest BCUT2D eigenvalue weighted by Gasteiger charge is -2.42. The minimum atomic E-state index is -1.49. The molecule has 0 atom stereocenters. The molecule has 1 aromatic heterocycles. The third-order valence-corrected chi connectivity index (χ3v) is 7.20. The summed E-state index contributed by atoms with van der Waals surface area (Å²) in [7, 11) is 2.18. The number of hydrogen-bond donors (Lipinski definition) is 1. The number of benzene rings is 2. The van der Waals surface area contributed by atoms with Crippen LogP contribution in [0.2, 0.25) is 0 Å². The van der Waals surface area contributed by atoms with Crippen LogP contribution in [0.3, 0.4) is 0 Å². The Labute approximate surface area is 219 Å². The maximum atomic E-state index is 13.8. The van der Waals surface area contributed by atoms with Crippen molar-refractivity contribution in [1.82, 2.24) is 19.8 Å². The zero-order chi connectivity index (χ0) is 26.6. The molecule has 2 aliphatic heterocycles. The Kier molecular flexibility index (Phi) is 7.94. The zero-order valence-electron chi connectivity index (χ0n) is 21.1. The molecule has 1 N–H and O–H groups in total. The number of halogens is 4. The third kappa shape index (κ3) is 5.99. The number of piperidine rings is 1. The molecule has 2 fully saturated rings. The first-order chi connectivity index (χ1) is 18.4. The predicted molar refractivity (Wildman–Crippen MR) is 137 cm³/mol. The highest BCUT2D eigenvalue weighted by Crippen LogP contribution is 2.27. The van der Waals surface area contributed by atoms with Crippen LogP contribution in [-0.2, 0) is 6.61 Å². The van der Waals surface area contributed by atoms with E-state index in [9.17, 15) is 17.6 Å². The molecular weight excluding hydrogens is 500 g/mol. The van der Waals surface area contributed by atoms with Gasteiger partial charge in [0.1, 0.15) is 6.61 Å². The van der Waals surface area contributed by atoms with Gasteiger partial charge in [-0.05, 0) is 38.1 Å². The lowest BCUT2D eigenvalue weighted by molar-refractivity contribution is 0.0982. The predicted octanol–water partition coefficient (Wildman–Crippen LogP) is 4.57. The number of likely N-dealkylation sites (N-methyl/N-ethyl adjacent to an activating group) is 1. The second-order valence-electron chi connectivity index (χ2n) is 9.71. The molecule has 2 aliphatic rings. The van der Waals surface area contributed by atoms with Crippen LogP contribution in [0.5, 0.6) is 5.75 Å². The molecule has 0 aliphatic carbocycles. The average molecular weight is 531 g/mol. The summed E-state index contributed by atoms with van der Waals surface area (Å²) in [5.41, 5.74) is 1.10. The molecule has 0 unspecified atom stereocenters. The van der Waals surface area contributed by atoms with E-state index < -0.39 is 35.4 Å². The fraction of sp³-hybridized carbons (Fsp3) is 0.407. The van der Waals surface area contributed by atoms with Crippen LogP contribution in [0.1, 0.15) is 18.4 Å². The van der Waals surface area contributed by atoms with E-state index in [0.717, 1.165) is 63.5 Å². The number of anilines is 3. The number of hydrogen-bond acceptors (Lipinski definition) is 7. The summed E-state index contributed by atoms with van der Waals surface area (Å²) in [6, 6.07) is 8.83. The van der Waals surface area contributed by atoms with E-state index in [1.165, 1.54) is 12.4 Å². The molecule has 38 heavy (non-hydrogen) atoms. The average Bonchev–Trinajstić information content (AvgIpc) is 2.93. The largest absolute Gasteiger partial charge is 0.485 e. The van der Waals surface area contributed by atoms with E-state index in [2.05, 4.69) is 43.1 Å². The quantitative estimate of drug-likeness (QED) is 0.355. The Bertz CT molecular complexity index is 1220. The highest BCUT2D eigenvalue weighted by molar-refractivity contribution is 5.62. The molecule has 5 rings (SSSR count). The number of nitrogens with zero attached hydrogens (tertiary/aromatic N) is 5. The number of ether oxygens (including phenoxy) is 1. The Morgan fingerprint density at radius 2 is 1.55 bits per heavy atom. The highest BCUT2D eigenvalue weighted by Gasteiger charge is 2.27. The topological polar surface area (TPSA) is 56.8 Å². The van der Waals surface area contributed by atoms with Crippen molar-refractivity contribution in [3.05, 3.63) is 71.6 Å². The van der Waals surface area contributed by atoms with Crippen LogP contribution in [0.25, 0.3) is 0 Å². The molecule has 0 radical (unpaired) electrons. The van der Waals surface area contributed by atoms with Gasteiger partial charge in [0.25, 0.3) is 0 Å². The maximum absolute atomic E-state index is 13.8. The summed E-state index contributed by atoms with van der Waals surface area (Å²) in [5.74, 6) is -5.56. The molecule has 7 nitrogen and oxygen atoms in total. The fourth-order valence-corrected chi connectivity index (χ4v) is 4.95. The SMILES string of the molecule is CN1CCN(C2CCN(c3cccc(Nc4ncc(OCc5c(F)c(F)cc(F)c5F)cn4)c3)CC2)CC1. The van der Waals surface area contributed by atoms with Crippen molar-refractivity contribution < 1.29 is 22.3 Å². The number of aromatic nitrogens is 2. The Balaban J connectivity index is 1.15. The molecule has 11 heteroatoms. The molecule has 2 saturated heterocycles. The zero-order valence-corrected chi connectivity index (χ0v) is 21.1. The molecule has 202 valence electrons. The second-order valence-corrected chi connectivity index (χ2v) is 9.71. The van der Waals surface area contributed by atoms with Crippen LogP contribution >= 0.6 is 0 Å². The Hall–Kier alpha value is -3.44. The summed E-state index contributed by atoms with van der Waals surface area (Å²) in [6.07, 6.45) is 4.91. The van der Waals surface area contributed by atoms with Gasteiger partial charge in [0.2, 0.25) is 5.95 Å². The molecule has 0 amide bonds. The van der Waals surface area contributed by atoms with Crippen LogP contribution in [0, 0.1) is 23.3 Å². The molecule has 2 aromatic carbocycles. The van der Waals surface area contributed by atoms with E-state index in [4.69, 9.17) is 4.74 Å². The van der Waals surface area contributed by atoms with E-state index >= 15 is 0 Å². The maximum Gasteiger partial charge on any atom is 0.227 e. The van der Waals surface area contributed by atoms with Gasteiger partial charge >= 0.3 is 0 Å². The molecule has 0 saturated carbocycles. The van der Waals surface area contributed by atoms with E-state index in [1.807, 2.05) is 18.2 Å². The van der Waals surface area contributed by atoms with Gasteiger partial charge < -0.3 is 19.9 Å². The molecular formula is C27H30F4N6O. The van der Waals surface area contributed by atoms with Gasteiger partial charge in [-0.15, -0.1) is 0 Å². The monoisotopic (exact) mass is 530 g/mol. The van der Waals surface area contributed by atoms with Crippen LogP contribution in [-0.4, -0.2) is 72.1 Å². The van der Waals surface area contributed by atoms with Gasteiger partial charge in [-0.3, -0.25) is 4.90 Å². The van der Waals surface area contributed by atoms with Crippen LogP contribution < -0.4 is 15.0 Å². The standard InChI is InChI=1S/C27H30F4N6O/c1-35-9-11-37(12-10-35)19-5-7-36(8-6-19)20-4-2-3-18(13-20)34-27-32-15-21(16-33-27)38-17-22-25(30)23(28)14-24(29)26(22)31/h2-4,13-16,19H,5-12,17H2,1H3,(H,32,33,34). The van der Waals surface area contributed by atoms with E-state index in [0.29, 0.717) is 12.0 Å². The normalized spacial score (nSPS) is 17.6. The minimum absolute atomic E-state index is 0.0935. The minimum Gasteiger partial charge on any atom is -0.485 e. The van der Waals surface area contributed by atoms with Crippen LogP contribution in [0.4, 0.5) is 34.9 Å². The first-order valence-corrected chi connectivity index (χ1v) is 12.7. The van der Waals surface area contributed by atoms with Gasteiger partial charge in [0.05, 0.1) is 18.0 Å². The van der Waals surface area contributed by atoms with Gasteiger partial charge in [-0.2, -0.15) is 0 Å². The van der Waals surface area contributed by atoms with E-state index in [-0.39, 0.29) is 11.8 Å². The van der Waals surface area contributed by atoms with Gasteiger partial charge in [-0.1, -0.05) is 6.07 Å². The van der Waals surface area contributed by atoms with Crippen molar-refractivity contribution in [2.45, 2.75) is 25.5 Å². The summed E-state index contributed by atoms with van der Waals surface area (Å²) < 4.78 is 59.7. The van der Waals surface area contributed by atoms with Crippen molar-refractivity contribution >= 4 is 17.3 Å². The molecule has 0 bridgehead atoms. The van der Waals surface area contributed by atoms with Crippen molar-refractivity contribution in [2.24, 2.45) is 0 Å². The van der Waals surface area contributed by atoms with Crippen molar-refractivity contribution in [1.29, 1.82) is 0 Å². The number of piperazine rings is 1. The first kappa shape index (κ1) is 26.2. The highest BCUT2D eigenvalue weighted by atomic mass is 19.2. The lowest BCUT2D eigenvalue weighted by Crippen LogP contribution is -2.52. The fourth-order valence-electron chi connectivity index (χ4n) is 4.95. The smallest absolute Gasteiger partial charge is 0.227 e. The van der Waals surface area contributed by atoms with Crippen molar-refractivity contribution in [2.75, 3.05) is 56.5 Å². The summed E-state index contributed by atoms with van der Waals surface area (Å²) in [4.78, 5) is 15.7. The van der Waals surface area contributed by atoms with Crippen molar-refractivity contribution in [3.8, 4) is 5.75 Å². The first-order valence-electron chi connectivity index (χ1n) is 12.7. The van der Waals surface area contributed by atoms with Crippen molar-refractivity contribution in [3.63, 3.8) is 0 Å². The lowest BCUT2D eigenvalue weighted by atomic mass is 10.0. The van der Waals surface area contributed by atoms with Crippen LogP contribution in [0.15, 0.2) is 42.7 Å². The van der Waals surface area contributed by atoms with Gasteiger partial charge in [-0.25, -0.2) is 27.5 Å². The van der Waals surface area contributed by atoms with Gasteiger partial charge in [0, 0.05) is 62.8 Å². The third-order valence-electron chi connectivity index (χ3n) is 7.20. The molecule has 3 heterocycles. The van der Waals surface area contributed by atoms with Gasteiger partial charge in [0.15, 0.2) is 29.0 Å². The number of rotatable bonds is 7. The second kappa shape index (κ2) is 11.5. The molecule has 3 aromatic rings. The summed E-state index contributed by atoms with van der Waals surface area (Å²) >= 11 is 0. The number of nitrogens with one attached hydrogen (secondary N) is 1. The Morgan fingerprint density at radius 1 is 0.895 bits per heavy atom. The summed E-state index contributed by atoms with van der Waals surface area (Å²) in [5, 5.41) is 3.15.